The van der Waals surface area contributed by atoms with Crippen LogP contribution in [0, 0.1) is 0 Å². The lowest BCUT2D eigenvalue weighted by Gasteiger charge is -2.09. The topological polar surface area (TPSA) is 76.3 Å². The fraction of sp³-hybridized carbons (Fsp3) is 0.333. The number of fused-ring (bicyclic) bond motifs is 1. The molecule has 2 heterocycles. The van der Waals surface area contributed by atoms with Gasteiger partial charge in [0, 0.05) is 6.42 Å². The second-order valence-electron chi connectivity index (χ2n) is 4.95. The number of carbonyl (C=O) groups is 2. The predicted molar refractivity (Wildman–Crippen MR) is 73.6 cm³/mol. The van der Waals surface area contributed by atoms with Gasteiger partial charge in [0.25, 0.3) is 11.8 Å². The van der Waals surface area contributed by atoms with Crippen LogP contribution >= 0.6 is 0 Å². The van der Waals surface area contributed by atoms with Crippen LogP contribution in [0.5, 0.6) is 0 Å². The van der Waals surface area contributed by atoms with Gasteiger partial charge in [-0.15, -0.1) is 0 Å². The minimum Gasteiger partial charge on any atom is -0.337 e. The molecule has 21 heavy (non-hydrogen) atoms. The first-order chi connectivity index (χ1) is 10.2. The van der Waals surface area contributed by atoms with Crippen molar-refractivity contribution < 1.29 is 14.1 Å². The molecule has 0 radical (unpaired) electrons. The third kappa shape index (κ3) is 2.44. The van der Waals surface area contributed by atoms with Gasteiger partial charge >= 0.3 is 0 Å². The Hall–Kier alpha value is -2.50. The zero-order valence-corrected chi connectivity index (χ0v) is 11.7. The van der Waals surface area contributed by atoms with E-state index in [1.807, 2.05) is 0 Å². The molecular formula is C15H15N3O3. The van der Waals surface area contributed by atoms with Crippen molar-refractivity contribution in [2.75, 3.05) is 0 Å². The van der Waals surface area contributed by atoms with Crippen LogP contribution in [0.4, 0.5) is 0 Å². The summed E-state index contributed by atoms with van der Waals surface area (Å²) in [4.78, 5) is 29.8. The van der Waals surface area contributed by atoms with E-state index in [4.69, 9.17) is 4.52 Å². The molecule has 0 bridgehead atoms. The molecule has 6 nitrogen and oxygen atoms in total. The molecule has 1 aromatic heterocycles. The number of benzene rings is 1. The smallest absolute Gasteiger partial charge is 0.262 e. The van der Waals surface area contributed by atoms with Crippen molar-refractivity contribution in [1.82, 2.24) is 15.0 Å². The van der Waals surface area contributed by atoms with Crippen LogP contribution in [0.15, 0.2) is 28.8 Å². The third-order valence-corrected chi connectivity index (χ3v) is 3.44. The molecule has 0 N–H and O–H groups in total. The molecule has 108 valence electrons. The lowest BCUT2D eigenvalue weighted by atomic mass is 10.1. The van der Waals surface area contributed by atoms with Gasteiger partial charge in [0.05, 0.1) is 11.1 Å². The van der Waals surface area contributed by atoms with Gasteiger partial charge in [0.2, 0.25) is 5.89 Å². The van der Waals surface area contributed by atoms with Crippen LogP contribution < -0.4 is 0 Å². The first-order valence-corrected chi connectivity index (χ1v) is 6.97. The summed E-state index contributed by atoms with van der Waals surface area (Å²) >= 11 is 0. The number of unbranched alkanes of at least 4 members (excludes halogenated alkanes) is 1. The maximum atomic E-state index is 12.2. The highest BCUT2D eigenvalue weighted by atomic mass is 16.5. The minimum absolute atomic E-state index is 0.0193. The zero-order chi connectivity index (χ0) is 14.8. The van der Waals surface area contributed by atoms with Gasteiger partial charge in [0.1, 0.15) is 6.54 Å². The quantitative estimate of drug-likeness (QED) is 0.787. The standard InChI is InChI=1S/C15H15N3O3/c1-2-3-8-12-16-13(21-17-12)9-18-14(19)10-6-4-5-7-11(10)15(18)20/h4-7H,2-3,8-9H2,1H3. The number of amides is 2. The van der Waals surface area contributed by atoms with Crippen LogP contribution in [0.1, 0.15) is 52.2 Å². The predicted octanol–water partition coefficient (Wildman–Crippen LogP) is 2.21. The molecule has 6 heteroatoms. The second-order valence-corrected chi connectivity index (χ2v) is 4.95. The Labute approximate surface area is 121 Å². The maximum Gasteiger partial charge on any atom is 0.262 e. The lowest BCUT2D eigenvalue weighted by Crippen LogP contribution is -2.29. The number of aryl methyl sites for hydroxylation is 1. The number of rotatable bonds is 5. The Morgan fingerprint density at radius 3 is 2.43 bits per heavy atom. The molecule has 1 aliphatic heterocycles. The number of carbonyl (C=O) groups excluding carboxylic acids is 2. The molecule has 0 spiro atoms. The van der Waals surface area contributed by atoms with Gasteiger partial charge in [-0.2, -0.15) is 4.98 Å². The van der Waals surface area contributed by atoms with Gasteiger partial charge in [-0.25, -0.2) is 0 Å². The van der Waals surface area contributed by atoms with Crippen LogP contribution in [0.3, 0.4) is 0 Å². The molecule has 1 aromatic carbocycles. The molecule has 2 aromatic rings. The van der Waals surface area contributed by atoms with E-state index < -0.39 is 0 Å². The van der Waals surface area contributed by atoms with E-state index in [1.165, 1.54) is 0 Å². The first-order valence-electron chi connectivity index (χ1n) is 6.97. The molecule has 0 saturated heterocycles. The highest BCUT2D eigenvalue weighted by Crippen LogP contribution is 2.23. The number of nitrogens with zero attached hydrogens (tertiary/aromatic N) is 3. The normalized spacial score (nSPS) is 13.9. The average Bonchev–Trinajstić information content (AvgIpc) is 3.05. The van der Waals surface area contributed by atoms with Crippen molar-refractivity contribution in [3.05, 3.63) is 47.1 Å². The Kier molecular flexibility index (Phi) is 3.51. The van der Waals surface area contributed by atoms with Gasteiger partial charge in [-0.1, -0.05) is 30.6 Å². The molecule has 2 amide bonds. The van der Waals surface area contributed by atoms with E-state index in [-0.39, 0.29) is 24.2 Å². The van der Waals surface area contributed by atoms with Crippen LogP contribution in [-0.4, -0.2) is 26.9 Å². The maximum absolute atomic E-state index is 12.2. The van der Waals surface area contributed by atoms with Gasteiger partial charge < -0.3 is 4.52 Å². The lowest BCUT2D eigenvalue weighted by molar-refractivity contribution is 0.0625. The first kappa shape index (κ1) is 13.5. The average molecular weight is 285 g/mol. The molecule has 0 saturated carbocycles. The molecule has 0 fully saturated rings. The summed E-state index contributed by atoms with van der Waals surface area (Å²) in [6.07, 6.45) is 2.76. The summed E-state index contributed by atoms with van der Waals surface area (Å²) in [5.74, 6) is 0.270. The van der Waals surface area contributed by atoms with Gasteiger partial charge in [-0.3, -0.25) is 14.5 Å². The summed E-state index contributed by atoms with van der Waals surface area (Å²) in [6, 6.07) is 6.78. The molecule has 0 unspecified atom stereocenters. The van der Waals surface area contributed by atoms with E-state index >= 15 is 0 Å². The fourth-order valence-corrected chi connectivity index (χ4v) is 2.31. The number of imide groups is 1. The van der Waals surface area contributed by atoms with Crippen molar-refractivity contribution in [3.8, 4) is 0 Å². The van der Waals surface area contributed by atoms with Crippen molar-refractivity contribution in [2.24, 2.45) is 0 Å². The minimum atomic E-state index is -0.316. The van der Waals surface area contributed by atoms with Crippen molar-refractivity contribution in [3.63, 3.8) is 0 Å². The molecule has 0 atom stereocenters. The Balaban J connectivity index is 1.76. The monoisotopic (exact) mass is 285 g/mol. The highest BCUT2D eigenvalue weighted by molar-refractivity contribution is 6.21. The van der Waals surface area contributed by atoms with Crippen LogP contribution in [0.25, 0.3) is 0 Å². The van der Waals surface area contributed by atoms with Gasteiger partial charge in [-0.05, 0) is 18.6 Å². The molecular weight excluding hydrogens is 270 g/mol. The fourth-order valence-electron chi connectivity index (χ4n) is 2.31. The summed E-state index contributed by atoms with van der Waals surface area (Å²) < 4.78 is 5.11. The number of hydrogen-bond acceptors (Lipinski definition) is 5. The van der Waals surface area contributed by atoms with E-state index in [1.54, 1.807) is 24.3 Å². The Morgan fingerprint density at radius 2 is 1.81 bits per heavy atom. The number of aromatic nitrogens is 2. The Morgan fingerprint density at radius 1 is 1.14 bits per heavy atom. The summed E-state index contributed by atoms with van der Waals surface area (Å²) in [6.45, 7) is 2.10. The van der Waals surface area contributed by atoms with Crippen LogP contribution in [-0.2, 0) is 13.0 Å². The molecule has 0 aliphatic carbocycles. The zero-order valence-electron chi connectivity index (χ0n) is 11.7. The van der Waals surface area contributed by atoms with E-state index in [9.17, 15) is 9.59 Å². The van der Waals surface area contributed by atoms with Crippen molar-refractivity contribution in [1.29, 1.82) is 0 Å². The van der Waals surface area contributed by atoms with E-state index in [2.05, 4.69) is 17.1 Å². The summed E-state index contributed by atoms with van der Waals surface area (Å²) in [5.41, 5.74) is 0.849. The second kappa shape index (κ2) is 5.47. The molecule has 3 rings (SSSR count). The highest BCUT2D eigenvalue weighted by Gasteiger charge is 2.36. The Bertz CT molecular complexity index is 658. The van der Waals surface area contributed by atoms with E-state index in [0.717, 1.165) is 24.2 Å². The number of hydrogen-bond donors (Lipinski definition) is 0. The van der Waals surface area contributed by atoms with Crippen LogP contribution in [0.2, 0.25) is 0 Å². The third-order valence-electron chi connectivity index (χ3n) is 3.44. The van der Waals surface area contributed by atoms with Crippen molar-refractivity contribution in [2.45, 2.75) is 32.7 Å². The SMILES string of the molecule is CCCCc1noc(CN2C(=O)c3ccccc3C2=O)n1. The van der Waals surface area contributed by atoms with Crippen molar-refractivity contribution >= 4 is 11.8 Å². The van der Waals surface area contributed by atoms with E-state index in [0.29, 0.717) is 17.0 Å². The summed E-state index contributed by atoms with van der Waals surface area (Å²) in [7, 11) is 0. The van der Waals surface area contributed by atoms with Gasteiger partial charge in [0.15, 0.2) is 5.82 Å². The summed E-state index contributed by atoms with van der Waals surface area (Å²) in [5, 5.41) is 3.86. The molecule has 1 aliphatic rings. The largest absolute Gasteiger partial charge is 0.337 e.